The van der Waals surface area contributed by atoms with Crippen LogP contribution in [0.25, 0.3) is 0 Å². The van der Waals surface area contributed by atoms with Crippen molar-refractivity contribution >= 4 is 29.2 Å². The van der Waals surface area contributed by atoms with Crippen molar-refractivity contribution in [2.24, 2.45) is 0 Å². The molecular weight excluding hydrogens is 335 g/mol. The molecule has 1 saturated heterocycles. The largest absolute Gasteiger partial charge is 0.405 e. The number of anilines is 1. The molecule has 3 amide bonds. The monoisotopic (exact) mass is 349 g/mol. The number of rotatable bonds is 3. The average Bonchev–Trinajstić information content (AvgIpc) is 2.96. The van der Waals surface area contributed by atoms with Crippen molar-refractivity contribution in [3.63, 3.8) is 0 Å². The molecule has 1 aliphatic rings. The Kier molecular flexibility index (Phi) is 5.35. The van der Waals surface area contributed by atoms with Crippen molar-refractivity contribution in [2.75, 3.05) is 18.4 Å². The van der Waals surface area contributed by atoms with E-state index in [-0.39, 0.29) is 0 Å². The maximum atomic E-state index is 12.2. The van der Waals surface area contributed by atoms with Gasteiger partial charge in [0.2, 0.25) is 5.91 Å². The number of benzene rings is 1. The molecular formula is C14H15ClF3N3O2. The maximum Gasteiger partial charge on any atom is 0.405 e. The summed E-state index contributed by atoms with van der Waals surface area (Å²) in [5, 5.41) is 4.92. The van der Waals surface area contributed by atoms with Gasteiger partial charge in [-0.05, 0) is 37.1 Å². The molecule has 1 unspecified atom stereocenters. The first-order valence-corrected chi connectivity index (χ1v) is 7.32. The van der Waals surface area contributed by atoms with Crippen LogP contribution < -0.4 is 10.6 Å². The summed E-state index contributed by atoms with van der Waals surface area (Å²) in [6, 6.07) is 4.94. The van der Waals surface area contributed by atoms with Gasteiger partial charge >= 0.3 is 12.2 Å². The minimum Gasteiger partial charge on any atom is -0.345 e. The van der Waals surface area contributed by atoms with Crippen LogP contribution in [0.3, 0.4) is 0 Å². The van der Waals surface area contributed by atoms with Crippen LogP contribution in [0.15, 0.2) is 24.3 Å². The Hall–Kier alpha value is -1.96. The highest BCUT2D eigenvalue weighted by molar-refractivity contribution is 6.30. The number of carbonyl (C=O) groups excluding carboxylic acids is 2. The van der Waals surface area contributed by atoms with Gasteiger partial charge in [0.05, 0.1) is 0 Å². The van der Waals surface area contributed by atoms with E-state index in [0.29, 0.717) is 30.1 Å². The minimum absolute atomic E-state index is 0.309. The first kappa shape index (κ1) is 17.4. The molecule has 126 valence electrons. The van der Waals surface area contributed by atoms with Gasteiger partial charge in [-0.15, -0.1) is 0 Å². The van der Waals surface area contributed by atoms with Gasteiger partial charge in [-0.3, -0.25) is 4.79 Å². The van der Waals surface area contributed by atoms with Crippen LogP contribution >= 0.6 is 11.6 Å². The van der Waals surface area contributed by atoms with E-state index in [1.807, 2.05) is 5.32 Å². The molecule has 23 heavy (non-hydrogen) atoms. The molecule has 0 aliphatic carbocycles. The van der Waals surface area contributed by atoms with Gasteiger partial charge < -0.3 is 15.5 Å². The van der Waals surface area contributed by atoms with Crippen LogP contribution in [-0.2, 0) is 4.79 Å². The van der Waals surface area contributed by atoms with Crippen LogP contribution in [0.1, 0.15) is 12.8 Å². The van der Waals surface area contributed by atoms with Crippen molar-refractivity contribution in [1.29, 1.82) is 0 Å². The Morgan fingerprint density at radius 3 is 2.52 bits per heavy atom. The SMILES string of the molecule is O=C(NCC(F)(F)F)C1CCCN1C(=O)Nc1ccc(Cl)cc1. The third kappa shape index (κ3) is 5.02. The molecule has 9 heteroatoms. The lowest BCUT2D eigenvalue weighted by Crippen LogP contribution is -2.49. The van der Waals surface area contributed by atoms with Crippen LogP contribution in [0.2, 0.25) is 5.02 Å². The van der Waals surface area contributed by atoms with Crippen LogP contribution in [-0.4, -0.2) is 42.1 Å². The summed E-state index contributed by atoms with van der Waals surface area (Å²) in [6.45, 7) is -1.10. The maximum absolute atomic E-state index is 12.2. The van der Waals surface area contributed by atoms with Crippen molar-refractivity contribution in [3.8, 4) is 0 Å². The summed E-state index contributed by atoms with van der Waals surface area (Å²) < 4.78 is 36.5. The standard InChI is InChI=1S/C14H15ClF3N3O2/c15-9-3-5-10(6-4-9)20-13(23)21-7-1-2-11(21)12(22)19-8-14(16,17)18/h3-6,11H,1-2,7-8H2,(H,19,22)(H,20,23). The lowest BCUT2D eigenvalue weighted by molar-refractivity contribution is -0.140. The normalized spacial score (nSPS) is 17.9. The fraction of sp³-hybridized carbons (Fsp3) is 0.429. The highest BCUT2D eigenvalue weighted by atomic mass is 35.5. The molecule has 1 aliphatic heterocycles. The molecule has 1 heterocycles. The van der Waals surface area contributed by atoms with Gasteiger partial charge in [0.25, 0.3) is 0 Å². The Balaban J connectivity index is 1.96. The third-order valence-corrected chi connectivity index (χ3v) is 3.63. The number of urea groups is 1. The van der Waals surface area contributed by atoms with Gasteiger partial charge in [-0.2, -0.15) is 13.2 Å². The fourth-order valence-electron chi connectivity index (χ4n) is 2.32. The molecule has 1 aromatic carbocycles. The zero-order chi connectivity index (χ0) is 17.0. The summed E-state index contributed by atoms with van der Waals surface area (Å²) in [4.78, 5) is 25.3. The molecule has 1 atom stereocenters. The number of hydrogen-bond acceptors (Lipinski definition) is 2. The molecule has 2 rings (SSSR count). The van der Waals surface area contributed by atoms with E-state index in [4.69, 9.17) is 11.6 Å². The molecule has 2 N–H and O–H groups in total. The van der Waals surface area contributed by atoms with Gasteiger partial charge in [-0.25, -0.2) is 4.79 Å². The summed E-state index contributed by atoms with van der Waals surface area (Å²) >= 11 is 5.74. The van der Waals surface area contributed by atoms with E-state index in [9.17, 15) is 22.8 Å². The molecule has 0 bridgehead atoms. The van der Waals surface area contributed by atoms with E-state index < -0.39 is 30.7 Å². The fourth-order valence-corrected chi connectivity index (χ4v) is 2.44. The Morgan fingerprint density at radius 1 is 1.26 bits per heavy atom. The first-order chi connectivity index (χ1) is 10.8. The van der Waals surface area contributed by atoms with Crippen molar-refractivity contribution in [1.82, 2.24) is 10.2 Å². The third-order valence-electron chi connectivity index (χ3n) is 3.37. The molecule has 0 aromatic heterocycles. The highest BCUT2D eigenvalue weighted by Crippen LogP contribution is 2.21. The van der Waals surface area contributed by atoms with Crippen LogP contribution in [0.4, 0.5) is 23.7 Å². The Labute approximate surface area is 135 Å². The minimum atomic E-state index is -4.48. The summed E-state index contributed by atoms with van der Waals surface area (Å²) in [5.41, 5.74) is 0.487. The van der Waals surface area contributed by atoms with Gasteiger partial charge in [0.1, 0.15) is 12.6 Å². The van der Waals surface area contributed by atoms with E-state index >= 15 is 0 Å². The lowest BCUT2D eigenvalue weighted by Gasteiger charge is -2.24. The van der Waals surface area contributed by atoms with E-state index in [0.717, 1.165) is 0 Å². The number of amides is 3. The lowest BCUT2D eigenvalue weighted by atomic mass is 10.2. The number of hydrogen-bond donors (Lipinski definition) is 2. The number of likely N-dealkylation sites (tertiary alicyclic amines) is 1. The van der Waals surface area contributed by atoms with E-state index in [2.05, 4.69) is 5.32 Å². The topological polar surface area (TPSA) is 61.4 Å². The number of carbonyl (C=O) groups is 2. The zero-order valence-electron chi connectivity index (χ0n) is 12.0. The predicted molar refractivity (Wildman–Crippen MR) is 79.3 cm³/mol. The van der Waals surface area contributed by atoms with Crippen molar-refractivity contribution < 1.29 is 22.8 Å². The molecule has 0 spiro atoms. The van der Waals surface area contributed by atoms with Crippen molar-refractivity contribution in [3.05, 3.63) is 29.3 Å². The summed E-state index contributed by atoms with van der Waals surface area (Å²) in [5.74, 6) is -0.800. The second-order valence-corrected chi connectivity index (χ2v) is 5.56. The smallest absolute Gasteiger partial charge is 0.345 e. The quantitative estimate of drug-likeness (QED) is 0.881. The van der Waals surface area contributed by atoms with Gasteiger partial charge in [0, 0.05) is 17.3 Å². The number of halogens is 4. The summed E-state index contributed by atoms with van der Waals surface area (Å²) in [6.07, 6.45) is -3.60. The number of nitrogens with zero attached hydrogens (tertiary/aromatic N) is 1. The zero-order valence-corrected chi connectivity index (χ0v) is 12.7. The molecule has 1 aromatic rings. The number of nitrogens with one attached hydrogen (secondary N) is 2. The first-order valence-electron chi connectivity index (χ1n) is 6.94. The highest BCUT2D eigenvalue weighted by Gasteiger charge is 2.36. The number of alkyl halides is 3. The molecule has 1 fully saturated rings. The van der Waals surface area contributed by atoms with E-state index in [1.165, 1.54) is 4.90 Å². The van der Waals surface area contributed by atoms with E-state index in [1.54, 1.807) is 24.3 Å². The molecule has 0 saturated carbocycles. The Morgan fingerprint density at radius 2 is 1.91 bits per heavy atom. The van der Waals surface area contributed by atoms with Crippen LogP contribution in [0.5, 0.6) is 0 Å². The molecule has 0 radical (unpaired) electrons. The Bertz CT molecular complexity index is 578. The van der Waals surface area contributed by atoms with Gasteiger partial charge in [0.15, 0.2) is 0 Å². The van der Waals surface area contributed by atoms with Gasteiger partial charge in [-0.1, -0.05) is 11.6 Å². The second-order valence-electron chi connectivity index (χ2n) is 5.12. The second kappa shape index (κ2) is 7.08. The van der Waals surface area contributed by atoms with Crippen molar-refractivity contribution in [2.45, 2.75) is 25.1 Å². The van der Waals surface area contributed by atoms with Crippen LogP contribution in [0, 0.1) is 0 Å². The molecule has 5 nitrogen and oxygen atoms in total. The summed E-state index contributed by atoms with van der Waals surface area (Å²) in [7, 11) is 0. The predicted octanol–water partition coefficient (Wildman–Crippen LogP) is 3.01. The average molecular weight is 350 g/mol.